The number of nitrogens with one attached hydrogen (secondary N) is 1. The monoisotopic (exact) mass is 351 g/mol. The smallest absolute Gasteiger partial charge is 0.175 e. The van der Waals surface area contributed by atoms with E-state index in [1.807, 2.05) is 0 Å². The molecule has 1 aliphatic heterocycles. The number of halogens is 1. The van der Waals surface area contributed by atoms with Crippen molar-refractivity contribution in [3.8, 4) is 0 Å². The Bertz CT molecular complexity index is 715. The van der Waals surface area contributed by atoms with E-state index in [1.54, 1.807) is 12.1 Å². The lowest BCUT2D eigenvalue weighted by Crippen LogP contribution is -2.37. The van der Waals surface area contributed by atoms with E-state index in [4.69, 9.17) is 11.6 Å². The van der Waals surface area contributed by atoms with Crippen LogP contribution in [0.3, 0.4) is 0 Å². The zero-order valence-corrected chi connectivity index (χ0v) is 14.1. The Labute approximate surface area is 130 Å². The van der Waals surface area contributed by atoms with Gasteiger partial charge in [-0.25, -0.2) is 16.8 Å². The van der Waals surface area contributed by atoms with E-state index in [0.717, 1.165) is 6.26 Å². The summed E-state index contributed by atoms with van der Waals surface area (Å²) in [6.07, 6.45) is 2.23. The van der Waals surface area contributed by atoms with Crippen LogP contribution in [0.15, 0.2) is 23.1 Å². The van der Waals surface area contributed by atoms with E-state index in [0.29, 0.717) is 30.0 Å². The molecule has 1 aromatic carbocycles. The van der Waals surface area contributed by atoms with Crippen LogP contribution in [0.5, 0.6) is 0 Å². The molecule has 1 saturated heterocycles. The van der Waals surface area contributed by atoms with Gasteiger partial charge in [0.2, 0.25) is 0 Å². The zero-order chi connectivity index (χ0) is 15.7. The maximum atomic E-state index is 11.8. The minimum atomic E-state index is -3.35. The van der Waals surface area contributed by atoms with Crippen molar-refractivity contribution < 1.29 is 16.8 Å². The fourth-order valence-corrected chi connectivity index (χ4v) is 5.14. The first-order chi connectivity index (χ1) is 9.69. The van der Waals surface area contributed by atoms with Crippen LogP contribution >= 0.6 is 11.6 Å². The van der Waals surface area contributed by atoms with Crippen LogP contribution in [-0.2, 0) is 26.2 Å². The first-order valence-electron chi connectivity index (χ1n) is 6.60. The van der Waals surface area contributed by atoms with Crippen LogP contribution in [0.2, 0.25) is 5.02 Å². The van der Waals surface area contributed by atoms with Gasteiger partial charge in [0, 0.05) is 29.4 Å². The quantitative estimate of drug-likeness (QED) is 0.887. The molecule has 1 aliphatic rings. The summed E-state index contributed by atoms with van der Waals surface area (Å²) in [6.45, 7) is 0.312. The highest BCUT2D eigenvalue weighted by atomic mass is 35.5. The van der Waals surface area contributed by atoms with E-state index >= 15 is 0 Å². The highest BCUT2D eigenvalue weighted by Crippen LogP contribution is 2.24. The second-order valence-corrected chi connectivity index (χ2v) is 9.99. The van der Waals surface area contributed by atoms with Crippen molar-refractivity contribution in [2.45, 2.75) is 30.3 Å². The fourth-order valence-electron chi connectivity index (χ4n) is 2.40. The molecule has 118 valence electrons. The molecule has 2 rings (SSSR count). The van der Waals surface area contributed by atoms with Crippen molar-refractivity contribution in [1.29, 1.82) is 0 Å². The molecule has 0 unspecified atom stereocenters. The SMILES string of the molecule is CS(=O)(=O)c1cccc(Cl)c1CNC1CCS(=O)(=O)CC1. The maximum Gasteiger partial charge on any atom is 0.175 e. The minimum Gasteiger partial charge on any atom is -0.310 e. The molecule has 0 spiro atoms. The lowest BCUT2D eigenvalue weighted by atomic mass is 10.1. The summed E-state index contributed by atoms with van der Waals surface area (Å²) in [7, 11) is -6.25. The molecule has 0 aliphatic carbocycles. The molecule has 1 N–H and O–H groups in total. The largest absolute Gasteiger partial charge is 0.310 e. The van der Waals surface area contributed by atoms with Gasteiger partial charge in [-0.05, 0) is 25.0 Å². The van der Waals surface area contributed by atoms with Crippen LogP contribution in [-0.4, -0.2) is 40.6 Å². The van der Waals surface area contributed by atoms with E-state index < -0.39 is 19.7 Å². The Balaban J connectivity index is 2.11. The van der Waals surface area contributed by atoms with E-state index in [1.165, 1.54) is 6.07 Å². The average molecular weight is 352 g/mol. The van der Waals surface area contributed by atoms with Crippen molar-refractivity contribution in [3.63, 3.8) is 0 Å². The average Bonchev–Trinajstić information content (AvgIpc) is 2.37. The zero-order valence-electron chi connectivity index (χ0n) is 11.7. The van der Waals surface area contributed by atoms with Gasteiger partial charge in [0.05, 0.1) is 16.4 Å². The molecule has 0 saturated carbocycles. The van der Waals surface area contributed by atoms with E-state index in [9.17, 15) is 16.8 Å². The highest BCUT2D eigenvalue weighted by molar-refractivity contribution is 7.91. The second-order valence-electron chi connectivity index (χ2n) is 5.30. The first kappa shape index (κ1) is 16.7. The molecule has 0 radical (unpaired) electrons. The Hall–Kier alpha value is -0.630. The van der Waals surface area contributed by atoms with Gasteiger partial charge in [-0.3, -0.25) is 0 Å². The second kappa shape index (κ2) is 6.24. The lowest BCUT2D eigenvalue weighted by Gasteiger charge is -2.23. The van der Waals surface area contributed by atoms with Gasteiger partial charge in [-0.2, -0.15) is 0 Å². The predicted octanol–water partition coefficient (Wildman–Crippen LogP) is 1.41. The van der Waals surface area contributed by atoms with Crippen molar-refractivity contribution in [2.75, 3.05) is 17.8 Å². The molecule has 8 heteroatoms. The third kappa shape index (κ3) is 4.42. The van der Waals surface area contributed by atoms with Gasteiger partial charge in [0.1, 0.15) is 9.84 Å². The number of benzene rings is 1. The molecule has 1 aromatic rings. The Morgan fingerprint density at radius 2 is 1.90 bits per heavy atom. The Kier molecular flexibility index (Phi) is 4.97. The number of rotatable bonds is 4. The summed E-state index contributed by atoms with van der Waals surface area (Å²) in [5.74, 6) is 0.345. The van der Waals surface area contributed by atoms with Crippen molar-refractivity contribution in [2.24, 2.45) is 0 Å². The predicted molar refractivity (Wildman–Crippen MR) is 83.1 cm³/mol. The molecule has 0 atom stereocenters. The molecular weight excluding hydrogens is 334 g/mol. The van der Waals surface area contributed by atoms with Crippen molar-refractivity contribution in [3.05, 3.63) is 28.8 Å². The lowest BCUT2D eigenvalue weighted by molar-refractivity contribution is 0.461. The van der Waals surface area contributed by atoms with Crippen LogP contribution in [0.4, 0.5) is 0 Å². The van der Waals surface area contributed by atoms with Crippen LogP contribution in [0.1, 0.15) is 18.4 Å². The molecule has 0 amide bonds. The summed E-state index contributed by atoms with van der Waals surface area (Å²) in [6, 6.07) is 4.86. The third-order valence-electron chi connectivity index (χ3n) is 3.60. The van der Waals surface area contributed by atoms with Gasteiger partial charge in [-0.15, -0.1) is 0 Å². The fraction of sp³-hybridized carbons (Fsp3) is 0.538. The number of hydrogen-bond acceptors (Lipinski definition) is 5. The van der Waals surface area contributed by atoms with E-state index in [2.05, 4.69) is 5.32 Å². The summed E-state index contributed by atoms with van der Waals surface area (Å²) < 4.78 is 46.3. The molecule has 0 bridgehead atoms. The van der Waals surface area contributed by atoms with Crippen molar-refractivity contribution in [1.82, 2.24) is 5.32 Å². The van der Waals surface area contributed by atoms with Gasteiger partial charge in [0.15, 0.2) is 9.84 Å². The summed E-state index contributed by atoms with van der Waals surface area (Å²) in [5, 5.41) is 3.61. The van der Waals surface area contributed by atoms with Crippen LogP contribution < -0.4 is 5.32 Å². The summed E-state index contributed by atoms with van der Waals surface area (Å²) in [4.78, 5) is 0.214. The highest BCUT2D eigenvalue weighted by Gasteiger charge is 2.24. The molecular formula is C13H18ClNO4S2. The molecule has 21 heavy (non-hydrogen) atoms. The molecule has 5 nitrogen and oxygen atoms in total. The molecule has 1 fully saturated rings. The van der Waals surface area contributed by atoms with Gasteiger partial charge in [-0.1, -0.05) is 17.7 Å². The molecule has 1 heterocycles. The van der Waals surface area contributed by atoms with Crippen LogP contribution in [0.25, 0.3) is 0 Å². The standard InChI is InChI=1S/C13H18ClNO4S2/c1-20(16,17)13-4-2-3-12(14)11(13)9-15-10-5-7-21(18,19)8-6-10/h2-4,10,15H,5-9H2,1H3. The topological polar surface area (TPSA) is 80.3 Å². The van der Waals surface area contributed by atoms with Crippen molar-refractivity contribution >= 4 is 31.3 Å². The van der Waals surface area contributed by atoms with Gasteiger partial charge in [0.25, 0.3) is 0 Å². The molecule has 0 aromatic heterocycles. The summed E-state index contributed by atoms with van der Waals surface area (Å²) in [5.41, 5.74) is 0.537. The summed E-state index contributed by atoms with van der Waals surface area (Å²) >= 11 is 6.10. The van der Waals surface area contributed by atoms with Gasteiger partial charge < -0.3 is 5.32 Å². The maximum absolute atomic E-state index is 11.8. The minimum absolute atomic E-state index is 0.0669. The first-order valence-corrected chi connectivity index (χ1v) is 10.7. The van der Waals surface area contributed by atoms with Crippen LogP contribution in [0, 0.1) is 0 Å². The third-order valence-corrected chi connectivity index (χ3v) is 6.85. The van der Waals surface area contributed by atoms with E-state index in [-0.39, 0.29) is 22.4 Å². The van der Waals surface area contributed by atoms with Gasteiger partial charge >= 0.3 is 0 Å². The normalized spacial score (nSPS) is 19.5. The Morgan fingerprint density at radius 1 is 1.29 bits per heavy atom. The Morgan fingerprint density at radius 3 is 2.48 bits per heavy atom. The number of hydrogen-bond donors (Lipinski definition) is 1. The number of sulfone groups is 2.